The van der Waals surface area contributed by atoms with Crippen LogP contribution in [0.5, 0.6) is 0 Å². The Kier molecular flexibility index (Phi) is 7.87. The summed E-state index contributed by atoms with van der Waals surface area (Å²) in [7, 11) is 1.68. The van der Waals surface area contributed by atoms with Crippen LogP contribution < -0.4 is 5.32 Å². The van der Waals surface area contributed by atoms with Crippen LogP contribution >= 0.6 is 35.0 Å². The molecule has 1 aromatic heterocycles. The Hall–Kier alpha value is -1.63. The molecule has 8 heteroatoms. The van der Waals surface area contributed by atoms with Crippen molar-refractivity contribution in [3.05, 3.63) is 58.0 Å². The van der Waals surface area contributed by atoms with Gasteiger partial charge in [-0.3, -0.25) is 9.59 Å². The number of carbonyl (C=O) groups is 2. The summed E-state index contributed by atoms with van der Waals surface area (Å²) < 4.78 is 5.28. The number of halogens is 2. The van der Waals surface area contributed by atoms with Gasteiger partial charge < -0.3 is 14.6 Å². The molecule has 0 spiro atoms. The minimum absolute atomic E-state index is 0.186. The van der Waals surface area contributed by atoms with Gasteiger partial charge in [-0.25, -0.2) is 0 Å². The molecule has 1 unspecified atom stereocenters. The molecule has 2 rings (SSSR count). The highest BCUT2D eigenvalue weighted by atomic mass is 35.5. The zero-order valence-electron chi connectivity index (χ0n) is 14.5. The normalized spacial score (nSPS) is 11.8. The van der Waals surface area contributed by atoms with E-state index in [4.69, 9.17) is 27.6 Å². The third-order valence-electron chi connectivity index (χ3n) is 3.74. The van der Waals surface area contributed by atoms with Crippen LogP contribution in [0, 0.1) is 0 Å². The summed E-state index contributed by atoms with van der Waals surface area (Å²) in [6.07, 6.45) is 4.02. The summed E-state index contributed by atoms with van der Waals surface area (Å²) in [6, 6.07) is 7.55. The van der Waals surface area contributed by atoms with Gasteiger partial charge in [-0.1, -0.05) is 23.2 Å². The molecule has 140 valence electrons. The van der Waals surface area contributed by atoms with Gasteiger partial charge >= 0.3 is 0 Å². The lowest BCUT2D eigenvalue weighted by Gasteiger charge is -2.24. The van der Waals surface area contributed by atoms with Crippen molar-refractivity contribution in [2.45, 2.75) is 19.0 Å². The summed E-state index contributed by atoms with van der Waals surface area (Å²) in [5.41, 5.74) is 0.284. The Morgan fingerprint density at radius 3 is 2.69 bits per heavy atom. The minimum atomic E-state index is -0.651. The molecular formula is C18H20Cl2N2O3S. The first kappa shape index (κ1) is 20.7. The van der Waals surface area contributed by atoms with Gasteiger partial charge in [-0.05, 0) is 48.8 Å². The van der Waals surface area contributed by atoms with E-state index >= 15 is 0 Å². The van der Waals surface area contributed by atoms with Crippen LogP contribution in [-0.4, -0.2) is 41.8 Å². The predicted octanol–water partition coefficient (Wildman–Crippen LogP) is 4.10. The molecule has 0 radical (unpaired) electrons. The van der Waals surface area contributed by atoms with Gasteiger partial charge in [0, 0.05) is 12.1 Å². The fourth-order valence-corrected chi connectivity index (χ4v) is 3.35. The van der Waals surface area contributed by atoms with E-state index in [1.165, 1.54) is 11.0 Å². The fraction of sp³-hybridized carbons (Fsp3) is 0.333. The van der Waals surface area contributed by atoms with Gasteiger partial charge in [-0.2, -0.15) is 11.8 Å². The molecule has 0 aliphatic heterocycles. The minimum Gasteiger partial charge on any atom is -0.467 e. The Morgan fingerprint density at radius 2 is 2.08 bits per heavy atom. The molecule has 0 aliphatic carbocycles. The van der Waals surface area contributed by atoms with Gasteiger partial charge in [0.2, 0.25) is 5.91 Å². The number of benzene rings is 1. The first-order valence-electron chi connectivity index (χ1n) is 7.94. The lowest BCUT2D eigenvalue weighted by atomic mass is 10.1. The number of furan rings is 1. The SMILES string of the molecule is CSCCC(NC(=O)c1ccc(Cl)cc1Cl)C(=O)N(C)Cc1ccco1. The molecular weight excluding hydrogens is 395 g/mol. The maximum absolute atomic E-state index is 12.8. The Balaban J connectivity index is 2.09. The summed E-state index contributed by atoms with van der Waals surface area (Å²) in [6.45, 7) is 0.333. The highest BCUT2D eigenvalue weighted by molar-refractivity contribution is 7.98. The fourth-order valence-electron chi connectivity index (χ4n) is 2.38. The zero-order valence-corrected chi connectivity index (χ0v) is 16.8. The van der Waals surface area contributed by atoms with E-state index in [1.54, 1.807) is 49.3 Å². The van der Waals surface area contributed by atoms with Crippen LogP contribution in [0.25, 0.3) is 0 Å². The van der Waals surface area contributed by atoms with Gasteiger partial charge in [0.15, 0.2) is 0 Å². The lowest BCUT2D eigenvalue weighted by molar-refractivity contribution is -0.132. The van der Waals surface area contributed by atoms with E-state index < -0.39 is 11.9 Å². The number of nitrogens with one attached hydrogen (secondary N) is 1. The lowest BCUT2D eigenvalue weighted by Crippen LogP contribution is -2.47. The highest BCUT2D eigenvalue weighted by Gasteiger charge is 2.25. The molecule has 2 amide bonds. The molecule has 1 atom stereocenters. The number of nitrogens with zero attached hydrogens (tertiary/aromatic N) is 1. The number of rotatable bonds is 8. The number of thioether (sulfide) groups is 1. The molecule has 5 nitrogen and oxygen atoms in total. The van der Waals surface area contributed by atoms with Crippen molar-refractivity contribution in [1.82, 2.24) is 10.2 Å². The standard InChI is InChI=1S/C18H20Cl2N2O3S/c1-22(11-13-4-3-8-25-13)18(24)16(7-9-26-2)21-17(23)14-6-5-12(19)10-15(14)20/h3-6,8,10,16H,7,9,11H2,1-2H3,(H,21,23). The molecule has 0 saturated carbocycles. The number of amides is 2. The first-order valence-corrected chi connectivity index (χ1v) is 10.1. The Labute approximate surface area is 167 Å². The molecule has 0 saturated heterocycles. The maximum Gasteiger partial charge on any atom is 0.253 e. The third-order valence-corrected chi connectivity index (χ3v) is 4.93. The van der Waals surface area contributed by atoms with Gasteiger partial charge in [-0.15, -0.1) is 0 Å². The maximum atomic E-state index is 12.8. The zero-order chi connectivity index (χ0) is 19.1. The van der Waals surface area contributed by atoms with Gasteiger partial charge in [0.05, 0.1) is 23.4 Å². The molecule has 0 aliphatic rings. The average Bonchev–Trinajstić information content (AvgIpc) is 3.10. The topological polar surface area (TPSA) is 62.6 Å². The van der Waals surface area contributed by atoms with Crippen LogP contribution in [0.15, 0.2) is 41.0 Å². The van der Waals surface area contributed by atoms with E-state index in [9.17, 15) is 9.59 Å². The molecule has 26 heavy (non-hydrogen) atoms. The number of carbonyl (C=O) groups excluding carboxylic acids is 2. The summed E-state index contributed by atoms with van der Waals surface area (Å²) >= 11 is 13.6. The molecule has 1 aromatic carbocycles. The van der Waals surface area contributed by atoms with Crippen molar-refractivity contribution in [3.8, 4) is 0 Å². The van der Waals surface area contributed by atoms with Crippen LogP contribution in [0.2, 0.25) is 10.0 Å². The van der Waals surface area contributed by atoms with Crippen molar-refractivity contribution < 1.29 is 14.0 Å². The summed E-state index contributed by atoms with van der Waals surface area (Å²) in [5, 5.41) is 3.48. The average molecular weight is 415 g/mol. The third kappa shape index (κ3) is 5.69. The molecule has 1 heterocycles. The first-order chi connectivity index (χ1) is 12.4. The molecule has 2 aromatic rings. The largest absolute Gasteiger partial charge is 0.467 e. The molecule has 0 bridgehead atoms. The van der Waals surface area contributed by atoms with Crippen LogP contribution in [0.4, 0.5) is 0 Å². The monoisotopic (exact) mass is 414 g/mol. The second-order valence-corrected chi connectivity index (χ2v) is 7.53. The second-order valence-electron chi connectivity index (χ2n) is 5.71. The van der Waals surface area contributed by atoms with E-state index in [0.717, 1.165) is 5.75 Å². The van der Waals surface area contributed by atoms with E-state index in [0.29, 0.717) is 23.7 Å². The van der Waals surface area contributed by atoms with E-state index in [-0.39, 0.29) is 16.5 Å². The van der Waals surface area contributed by atoms with Crippen molar-refractivity contribution in [1.29, 1.82) is 0 Å². The predicted molar refractivity (Wildman–Crippen MR) is 106 cm³/mol. The van der Waals surface area contributed by atoms with Gasteiger partial charge in [0.25, 0.3) is 5.91 Å². The number of hydrogen-bond donors (Lipinski definition) is 1. The highest BCUT2D eigenvalue weighted by Crippen LogP contribution is 2.21. The molecule has 1 N–H and O–H groups in total. The molecule has 0 fully saturated rings. The van der Waals surface area contributed by atoms with Crippen molar-refractivity contribution >= 4 is 46.8 Å². The van der Waals surface area contributed by atoms with Crippen molar-refractivity contribution in [2.75, 3.05) is 19.1 Å². The van der Waals surface area contributed by atoms with Crippen molar-refractivity contribution in [2.24, 2.45) is 0 Å². The number of likely N-dealkylation sites (N-methyl/N-ethyl adjacent to an activating group) is 1. The van der Waals surface area contributed by atoms with Gasteiger partial charge in [0.1, 0.15) is 11.8 Å². The Morgan fingerprint density at radius 1 is 1.31 bits per heavy atom. The quantitative estimate of drug-likeness (QED) is 0.705. The Bertz CT molecular complexity index is 753. The van der Waals surface area contributed by atoms with Crippen LogP contribution in [-0.2, 0) is 11.3 Å². The summed E-state index contributed by atoms with van der Waals surface area (Å²) in [4.78, 5) is 26.9. The van der Waals surface area contributed by atoms with Crippen LogP contribution in [0.3, 0.4) is 0 Å². The van der Waals surface area contributed by atoms with Crippen LogP contribution in [0.1, 0.15) is 22.5 Å². The summed E-state index contributed by atoms with van der Waals surface area (Å²) in [5.74, 6) is 0.822. The second kappa shape index (κ2) is 9.90. The smallest absolute Gasteiger partial charge is 0.253 e. The van der Waals surface area contributed by atoms with Crippen molar-refractivity contribution in [3.63, 3.8) is 0 Å². The van der Waals surface area contributed by atoms with E-state index in [1.807, 2.05) is 6.26 Å². The van der Waals surface area contributed by atoms with E-state index in [2.05, 4.69) is 5.32 Å². The number of hydrogen-bond acceptors (Lipinski definition) is 4.